The van der Waals surface area contributed by atoms with Crippen LogP contribution in [-0.4, -0.2) is 59.5 Å². The highest BCUT2D eigenvalue weighted by Crippen LogP contribution is 2.29. The summed E-state index contributed by atoms with van der Waals surface area (Å²) < 4.78 is 0. The smallest absolute Gasteiger partial charge is 0.324 e. The molecule has 122 valence electrons. The quantitative estimate of drug-likeness (QED) is 0.710. The summed E-state index contributed by atoms with van der Waals surface area (Å²) in [6.07, 6.45) is 6.71. The molecule has 0 aromatic rings. The first-order valence-electron chi connectivity index (χ1n) is 8.18. The average molecular weight is 308 g/mol. The third-order valence-corrected chi connectivity index (χ3v) is 5.20. The van der Waals surface area contributed by atoms with Gasteiger partial charge < -0.3 is 15.5 Å². The van der Waals surface area contributed by atoms with Gasteiger partial charge in [0.15, 0.2) is 0 Å². The van der Waals surface area contributed by atoms with Gasteiger partial charge in [0.05, 0.1) is 0 Å². The van der Waals surface area contributed by atoms with Gasteiger partial charge in [-0.1, -0.05) is 19.3 Å². The Kier molecular flexibility index (Phi) is 3.97. The first-order chi connectivity index (χ1) is 10.5. The molecule has 2 saturated heterocycles. The van der Waals surface area contributed by atoms with Gasteiger partial charge in [-0.3, -0.25) is 9.69 Å². The topological polar surface area (TPSA) is 81.8 Å². The van der Waals surface area contributed by atoms with E-state index in [1.807, 2.05) is 0 Å². The fourth-order valence-corrected chi connectivity index (χ4v) is 3.70. The summed E-state index contributed by atoms with van der Waals surface area (Å²) in [6, 6.07) is -0.0898. The van der Waals surface area contributed by atoms with E-state index in [2.05, 4.69) is 10.6 Å². The molecule has 0 bridgehead atoms. The van der Waals surface area contributed by atoms with Crippen LogP contribution < -0.4 is 10.6 Å². The molecule has 0 radical (unpaired) electrons. The van der Waals surface area contributed by atoms with Crippen molar-refractivity contribution in [1.29, 1.82) is 0 Å². The number of carbonyl (C=O) groups is 3. The maximum Gasteiger partial charge on any atom is 0.324 e. The Morgan fingerprint density at radius 2 is 1.82 bits per heavy atom. The van der Waals surface area contributed by atoms with Crippen LogP contribution in [0.4, 0.5) is 9.59 Å². The highest BCUT2D eigenvalue weighted by atomic mass is 16.2. The maximum absolute atomic E-state index is 12.3. The summed E-state index contributed by atoms with van der Waals surface area (Å²) >= 11 is 0. The number of likely N-dealkylation sites (tertiary alicyclic amines) is 1. The van der Waals surface area contributed by atoms with Crippen molar-refractivity contribution in [3.8, 4) is 0 Å². The van der Waals surface area contributed by atoms with Gasteiger partial charge in [0, 0.05) is 26.2 Å². The lowest BCUT2D eigenvalue weighted by Gasteiger charge is -2.38. The lowest BCUT2D eigenvalue weighted by Crippen LogP contribution is -2.57. The van der Waals surface area contributed by atoms with E-state index in [0.29, 0.717) is 25.9 Å². The minimum Gasteiger partial charge on any atom is -0.335 e. The van der Waals surface area contributed by atoms with Crippen LogP contribution in [0.25, 0.3) is 0 Å². The Morgan fingerprint density at radius 3 is 2.36 bits per heavy atom. The summed E-state index contributed by atoms with van der Waals surface area (Å²) in [5, 5.41) is 5.89. The first-order valence-corrected chi connectivity index (χ1v) is 8.18. The van der Waals surface area contributed by atoms with Crippen LogP contribution in [0.15, 0.2) is 0 Å². The van der Waals surface area contributed by atoms with Gasteiger partial charge >= 0.3 is 12.1 Å². The van der Waals surface area contributed by atoms with Gasteiger partial charge in [0.25, 0.3) is 5.91 Å². The SMILES string of the molecule is CN1C(=O)NC2(CCN(C(=O)NC3CCCCC3)CC2)C1=O. The van der Waals surface area contributed by atoms with Gasteiger partial charge in [-0.05, 0) is 25.7 Å². The van der Waals surface area contributed by atoms with Gasteiger partial charge in [0.1, 0.15) is 5.54 Å². The number of piperidine rings is 1. The molecule has 1 aliphatic carbocycles. The summed E-state index contributed by atoms with van der Waals surface area (Å²) in [5.41, 5.74) is -0.798. The molecule has 3 rings (SSSR count). The molecule has 5 amide bonds. The Bertz CT molecular complexity index is 479. The lowest BCUT2D eigenvalue weighted by atomic mass is 9.87. The third kappa shape index (κ3) is 2.64. The summed E-state index contributed by atoms with van der Waals surface area (Å²) in [7, 11) is 1.49. The maximum atomic E-state index is 12.3. The molecule has 7 nitrogen and oxygen atoms in total. The van der Waals surface area contributed by atoms with Crippen molar-refractivity contribution in [3.05, 3.63) is 0 Å². The van der Waals surface area contributed by atoms with Crippen molar-refractivity contribution >= 4 is 18.0 Å². The van der Waals surface area contributed by atoms with Crippen LogP contribution in [0.3, 0.4) is 0 Å². The molecule has 1 saturated carbocycles. The minimum absolute atomic E-state index is 0.0353. The zero-order valence-corrected chi connectivity index (χ0v) is 13.1. The molecule has 2 heterocycles. The van der Waals surface area contributed by atoms with Crippen molar-refractivity contribution in [2.75, 3.05) is 20.1 Å². The van der Waals surface area contributed by atoms with Gasteiger partial charge in [-0.2, -0.15) is 0 Å². The molecule has 0 atom stereocenters. The zero-order valence-electron chi connectivity index (χ0n) is 13.1. The van der Waals surface area contributed by atoms with Crippen molar-refractivity contribution in [2.24, 2.45) is 0 Å². The first kappa shape index (κ1) is 15.1. The highest BCUT2D eigenvalue weighted by molar-refractivity contribution is 6.06. The number of carbonyl (C=O) groups excluding carboxylic acids is 3. The van der Waals surface area contributed by atoms with E-state index in [-0.39, 0.29) is 24.0 Å². The van der Waals surface area contributed by atoms with Crippen molar-refractivity contribution in [3.63, 3.8) is 0 Å². The fraction of sp³-hybridized carbons (Fsp3) is 0.800. The second-order valence-electron chi connectivity index (χ2n) is 6.65. The average Bonchev–Trinajstić information content (AvgIpc) is 2.73. The Labute approximate surface area is 130 Å². The summed E-state index contributed by atoms with van der Waals surface area (Å²) in [6.45, 7) is 0.997. The van der Waals surface area contributed by atoms with E-state index < -0.39 is 5.54 Å². The van der Waals surface area contributed by atoms with E-state index in [1.165, 1.54) is 26.3 Å². The summed E-state index contributed by atoms with van der Waals surface area (Å²) in [5.74, 6) is -0.176. The molecule has 2 N–H and O–H groups in total. The summed E-state index contributed by atoms with van der Waals surface area (Å²) in [4.78, 5) is 39.1. The van der Waals surface area contributed by atoms with Crippen LogP contribution in [0.2, 0.25) is 0 Å². The second kappa shape index (κ2) is 5.78. The highest BCUT2D eigenvalue weighted by Gasteiger charge is 2.51. The number of nitrogens with one attached hydrogen (secondary N) is 2. The van der Waals surface area contributed by atoms with E-state index in [1.54, 1.807) is 4.90 Å². The largest absolute Gasteiger partial charge is 0.335 e. The van der Waals surface area contributed by atoms with Crippen molar-refractivity contribution < 1.29 is 14.4 Å². The molecule has 22 heavy (non-hydrogen) atoms. The molecule has 7 heteroatoms. The molecule has 0 aromatic carbocycles. The number of rotatable bonds is 1. The molecule has 0 unspecified atom stereocenters. The number of amides is 5. The predicted octanol–water partition coefficient (Wildman–Crippen LogP) is 1.04. The van der Waals surface area contributed by atoms with Crippen LogP contribution in [-0.2, 0) is 4.79 Å². The van der Waals surface area contributed by atoms with Crippen LogP contribution in [0.1, 0.15) is 44.9 Å². The molecular formula is C15H24N4O3. The minimum atomic E-state index is -0.798. The van der Waals surface area contributed by atoms with E-state index >= 15 is 0 Å². The van der Waals surface area contributed by atoms with Crippen LogP contribution >= 0.6 is 0 Å². The predicted molar refractivity (Wildman–Crippen MR) is 80.2 cm³/mol. The van der Waals surface area contributed by atoms with Gasteiger partial charge in [-0.15, -0.1) is 0 Å². The van der Waals surface area contributed by atoms with Gasteiger partial charge in [0.2, 0.25) is 0 Å². The molecule has 1 spiro atoms. The monoisotopic (exact) mass is 308 g/mol. The number of hydrogen-bond acceptors (Lipinski definition) is 3. The molecule has 0 aromatic heterocycles. The number of nitrogens with zero attached hydrogens (tertiary/aromatic N) is 2. The van der Waals surface area contributed by atoms with Crippen molar-refractivity contribution in [1.82, 2.24) is 20.4 Å². The van der Waals surface area contributed by atoms with Gasteiger partial charge in [-0.25, -0.2) is 9.59 Å². The van der Waals surface area contributed by atoms with E-state index in [4.69, 9.17) is 0 Å². The standard InChI is InChI=1S/C15H24N4O3/c1-18-12(20)15(17-14(18)22)7-9-19(10-8-15)13(21)16-11-5-3-2-4-6-11/h11H,2-10H2,1H3,(H,16,21)(H,17,22). The number of urea groups is 2. The van der Waals surface area contributed by atoms with E-state index in [0.717, 1.165) is 17.7 Å². The number of hydrogen-bond donors (Lipinski definition) is 2. The Morgan fingerprint density at radius 1 is 1.18 bits per heavy atom. The van der Waals surface area contributed by atoms with Crippen LogP contribution in [0, 0.1) is 0 Å². The lowest BCUT2D eigenvalue weighted by molar-refractivity contribution is -0.131. The van der Waals surface area contributed by atoms with E-state index in [9.17, 15) is 14.4 Å². The molecule has 3 aliphatic rings. The Hall–Kier alpha value is -1.79. The fourth-order valence-electron chi connectivity index (χ4n) is 3.70. The number of likely N-dealkylation sites (N-methyl/N-ethyl adjacent to an activating group) is 1. The second-order valence-corrected chi connectivity index (χ2v) is 6.65. The van der Waals surface area contributed by atoms with Crippen LogP contribution in [0.5, 0.6) is 0 Å². The normalized spacial score (nSPS) is 25.5. The zero-order chi connectivity index (χ0) is 15.7. The number of imide groups is 1. The molecule has 2 aliphatic heterocycles. The third-order valence-electron chi connectivity index (χ3n) is 5.20. The Balaban J connectivity index is 1.54. The molecule has 3 fully saturated rings. The molecular weight excluding hydrogens is 284 g/mol. The van der Waals surface area contributed by atoms with Crippen molar-refractivity contribution in [2.45, 2.75) is 56.5 Å².